The first-order valence-electron chi connectivity index (χ1n) is 10.1. The molecule has 1 aliphatic carbocycles. The van der Waals surface area contributed by atoms with Crippen molar-refractivity contribution < 1.29 is 19.2 Å². The number of H-pyrrole nitrogens is 1. The van der Waals surface area contributed by atoms with Gasteiger partial charge in [0, 0.05) is 53.7 Å². The molecule has 4 N–H and O–H groups in total. The Bertz CT molecular complexity index is 1190. The van der Waals surface area contributed by atoms with Gasteiger partial charge in [-0.2, -0.15) is 5.10 Å². The van der Waals surface area contributed by atoms with Crippen LogP contribution in [-0.2, 0) is 16.4 Å². The van der Waals surface area contributed by atoms with Crippen molar-refractivity contribution in [2.24, 2.45) is 0 Å². The lowest BCUT2D eigenvalue weighted by Gasteiger charge is -2.19. The smallest absolute Gasteiger partial charge is 0.250 e. The number of rotatable bonds is 8. The summed E-state index contributed by atoms with van der Waals surface area (Å²) in [6, 6.07) is 5.23. The van der Waals surface area contributed by atoms with E-state index in [1.54, 1.807) is 39.1 Å². The zero-order chi connectivity index (χ0) is 22.2. The molecule has 0 aromatic carbocycles. The first kappa shape index (κ1) is 21.9. The molecular weight excluding hydrogens is 436 g/mol. The van der Waals surface area contributed by atoms with E-state index in [2.05, 4.69) is 30.2 Å². The van der Waals surface area contributed by atoms with Crippen LogP contribution < -0.4 is 10.0 Å². The molecule has 9 nitrogen and oxygen atoms in total. The van der Waals surface area contributed by atoms with Crippen LogP contribution in [0.25, 0.3) is 10.7 Å². The summed E-state index contributed by atoms with van der Waals surface area (Å²) < 4.78 is 28.1. The third kappa shape index (κ3) is 5.29. The van der Waals surface area contributed by atoms with Crippen LogP contribution in [0.1, 0.15) is 56.5 Å². The number of anilines is 2. The van der Waals surface area contributed by atoms with Crippen LogP contribution in [0.2, 0.25) is 0 Å². The topological polar surface area (TPSA) is 133 Å². The lowest BCUT2D eigenvalue weighted by Crippen LogP contribution is -2.40. The number of hydrogen-bond donors (Lipinski definition) is 4. The lowest BCUT2D eigenvalue weighted by atomic mass is 10.1. The van der Waals surface area contributed by atoms with Gasteiger partial charge in [-0.1, -0.05) is 0 Å². The minimum atomic E-state index is -3.63. The number of aliphatic hydroxyl groups excluding tert-OH is 1. The van der Waals surface area contributed by atoms with E-state index >= 15 is 0 Å². The fraction of sp³-hybridized carbons (Fsp3) is 0.450. The van der Waals surface area contributed by atoms with Crippen LogP contribution in [0.3, 0.4) is 0 Å². The number of aromatic nitrogens is 4. The van der Waals surface area contributed by atoms with Gasteiger partial charge < -0.3 is 10.4 Å². The summed E-state index contributed by atoms with van der Waals surface area (Å²) in [5.74, 6) is 2.14. The molecule has 0 spiro atoms. The van der Waals surface area contributed by atoms with E-state index in [0.29, 0.717) is 34.7 Å². The molecule has 3 aromatic heterocycles. The predicted molar refractivity (Wildman–Crippen MR) is 129 cm³/mol. The van der Waals surface area contributed by atoms with Gasteiger partial charge in [0.05, 0.1) is 4.88 Å². The molecule has 1 saturated carbocycles. The Labute approximate surface area is 191 Å². The second kappa shape index (κ2) is 8.30. The van der Waals surface area contributed by atoms with Gasteiger partial charge in [0.15, 0.2) is 11.6 Å². The molecule has 0 bridgehead atoms. The largest absolute Gasteiger partial charge is 0.396 e. The van der Waals surface area contributed by atoms with Gasteiger partial charge in [-0.25, -0.2) is 23.1 Å². The first-order chi connectivity index (χ1) is 14.6. The van der Waals surface area contributed by atoms with Crippen LogP contribution >= 0.6 is 11.3 Å². The maximum absolute atomic E-state index is 12.6. The Hall–Kier alpha value is -2.34. The molecule has 11 heteroatoms. The van der Waals surface area contributed by atoms with Crippen LogP contribution in [0, 0.1) is 0 Å². The van der Waals surface area contributed by atoms with Crippen molar-refractivity contribution in [3.05, 3.63) is 35.7 Å². The second-order valence-corrected chi connectivity index (χ2v) is 11.6. The van der Waals surface area contributed by atoms with E-state index in [9.17, 15) is 13.5 Å². The molecular formula is C20H34N6O3S2. The third-order valence-electron chi connectivity index (χ3n) is 4.61. The lowest BCUT2D eigenvalue weighted by molar-refractivity contribution is 0.299. The van der Waals surface area contributed by atoms with Gasteiger partial charge in [0.25, 0.3) is 10.0 Å². The van der Waals surface area contributed by atoms with E-state index in [0.717, 1.165) is 22.6 Å². The van der Waals surface area contributed by atoms with Crippen LogP contribution in [0.15, 0.2) is 28.6 Å². The Morgan fingerprint density at radius 2 is 2.10 bits per heavy atom. The zero-order valence-corrected chi connectivity index (χ0v) is 19.3. The molecule has 0 radical (unpaired) electrons. The monoisotopic (exact) mass is 470 g/mol. The summed E-state index contributed by atoms with van der Waals surface area (Å²) in [6.45, 7) is 5.35. The summed E-state index contributed by atoms with van der Waals surface area (Å²) in [6.07, 6.45) is 4.38. The van der Waals surface area contributed by atoms with E-state index in [1.807, 2.05) is 6.07 Å². The summed E-state index contributed by atoms with van der Waals surface area (Å²) >= 11 is 1.11. The fourth-order valence-electron chi connectivity index (χ4n) is 3.10. The summed E-state index contributed by atoms with van der Waals surface area (Å²) in [4.78, 5) is 9.63. The molecule has 174 valence electrons. The zero-order valence-electron chi connectivity index (χ0n) is 17.6. The Morgan fingerprint density at radius 3 is 2.77 bits per heavy atom. The van der Waals surface area contributed by atoms with E-state index < -0.39 is 15.6 Å². The molecule has 3 heterocycles. The molecule has 1 fully saturated rings. The van der Waals surface area contributed by atoms with E-state index in [-0.39, 0.29) is 16.5 Å². The maximum Gasteiger partial charge on any atom is 0.250 e. The number of hydrogen-bond acceptors (Lipinski definition) is 8. The number of nitrogens with one attached hydrogen (secondary N) is 3. The molecule has 0 unspecified atom stereocenters. The van der Waals surface area contributed by atoms with Crippen molar-refractivity contribution in [2.75, 3.05) is 11.9 Å². The van der Waals surface area contributed by atoms with Gasteiger partial charge in [-0.3, -0.25) is 5.10 Å². The molecule has 0 atom stereocenters. The molecule has 0 aliphatic heterocycles. The van der Waals surface area contributed by atoms with Gasteiger partial charge in [0.1, 0.15) is 10.0 Å². The molecule has 0 amide bonds. The Balaban J connectivity index is 0.00000289. The quantitative estimate of drug-likeness (QED) is 0.389. The third-order valence-corrected chi connectivity index (χ3v) is 7.95. The normalized spacial score (nSPS) is 14.7. The van der Waals surface area contributed by atoms with Crippen LogP contribution in [-0.4, -0.2) is 45.8 Å². The molecule has 1 aliphatic rings. The Kier molecular flexibility index (Phi) is 5.86. The second-order valence-electron chi connectivity index (χ2n) is 8.62. The first-order valence-corrected chi connectivity index (χ1v) is 12.4. The number of sulfonamides is 1. The minimum Gasteiger partial charge on any atom is -0.396 e. The highest BCUT2D eigenvalue weighted by atomic mass is 32.2. The molecule has 3 aromatic rings. The van der Waals surface area contributed by atoms with Crippen molar-refractivity contribution in [3.8, 4) is 10.7 Å². The Morgan fingerprint density at radius 1 is 1.32 bits per heavy atom. The number of aromatic amines is 1. The maximum atomic E-state index is 12.6. The highest BCUT2D eigenvalue weighted by molar-refractivity contribution is 7.91. The fourth-order valence-corrected chi connectivity index (χ4v) is 5.77. The minimum absolute atomic E-state index is 0. The van der Waals surface area contributed by atoms with Crippen molar-refractivity contribution in [1.82, 2.24) is 24.9 Å². The molecule has 31 heavy (non-hydrogen) atoms. The van der Waals surface area contributed by atoms with Gasteiger partial charge >= 0.3 is 0 Å². The molecule has 0 saturated heterocycles. The van der Waals surface area contributed by atoms with Gasteiger partial charge in [-0.05, 0) is 45.7 Å². The highest BCUT2D eigenvalue weighted by Gasteiger charge is 2.26. The van der Waals surface area contributed by atoms with Gasteiger partial charge in [0.2, 0.25) is 0 Å². The molecule has 4 rings (SSSR count). The summed E-state index contributed by atoms with van der Waals surface area (Å²) in [5, 5.41) is 19.9. The van der Waals surface area contributed by atoms with Crippen molar-refractivity contribution in [3.63, 3.8) is 0 Å². The number of thiophene rings is 1. The standard InChI is InChI=1S/C20H26N6O3S2.4H2/c1-20(2,3)26-31(28,29)17-7-6-15(30-17)19-21-11-13(8-9-27)18(23-19)22-16-10-14(24-25-16)12-4-5-12;;;;/h6-7,10-12,26-27H,4-5,8-9H2,1-3H3,(H2,21,22,23,24,25);4*1H. The van der Waals surface area contributed by atoms with Gasteiger partial charge in [-0.15, -0.1) is 11.3 Å². The average molecular weight is 471 g/mol. The predicted octanol–water partition coefficient (Wildman–Crippen LogP) is 4.14. The van der Waals surface area contributed by atoms with Crippen molar-refractivity contribution in [2.45, 2.75) is 55.7 Å². The summed E-state index contributed by atoms with van der Waals surface area (Å²) in [7, 11) is -3.63. The number of aliphatic hydroxyl groups is 1. The van der Waals surface area contributed by atoms with Crippen molar-refractivity contribution >= 4 is 33.0 Å². The van der Waals surface area contributed by atoms with Crippen LogP contribution in [0.5, 0.6) is 0 Å². The van der Waals surface area contributed by atoms with Crippen molar-refractivity contribution in [1.29, 1.82) is 0 Å². The summed E-state index contributed by atoms with van der Waals surface area (Å²) in [5.41, 5.74) is 1.27. The van der Waals surface area contributed by atoms with E-state index in [1.165, 1.54) is 12.8 Å². The number of nitrogens with zero attached hydrogens (tertiary/aromatic N) is 3. The van der Waals surface area contributed by atoms with Crippen LogP contribution in [0.4, 0.5) is 11.6 Å². The SMILES string of the molecule is CC(C)(C)NS(=O)(=O)c1ccc(-c2ncc(CCO)c(Nc3cc(C4CC4)[nH]n3)n2)s1.[HH].[HH].[HH].[HH]. The van der Waals surface area contributed by atoms with E-state index in [4.69, 9.17) is 0 Å². The average Bonchev–Trinajstić information content (AvgIpc) is 3.21. The highest BCUT2D eigenvalue weighted by Crippen LogP contribution is 2.39.